The number of ketones is 1. The van der Waals surface area contributed by atoms with Crippen LogP contribution in [0.3, 0.4) is 0 Å². The summed E-state index contributed by atoms with van der Waals surface area (Å²) in [7, 11) is 0. The van der Waals surface area contributed by atoms with Crippen LogP contribution in [-0.2, 0) is 16.0 Å². The smallest absolute Gasteiger partial charge is 0.326 e. The molecule has 1 aromatic heterocycles. The maximum atomic E-state index is 12.6. The number of Topliss-reactive ketones (excluding diaryl/α,β-unsaturated/α-hetero) is 1. The number of rotatable bonds is 11. The standard InChI is InChI=1S/C27H25Cl2N3O5.H2S/c1-16-10-11-30-19(12-16)14-17-4-2-5-18(13-17)25(34)31-15-20(33)8-9-23(27(36)37)32-26(35)24-21(28)6-3-7-22(24)29;/h2-7,10-13,23H,8-9,14-15H2,1H3,(H,31,34)(H,32,35)(H,36,37);1H2/t23-;/m0./s1. The lowest BCUT2D eigenvalue weighted by Crippen LogP contribution is -2.41. The Bertz CT molecular complexity index is 1320. The SMILES string of the molecule is Cc1ccnc(Cc2cccc(C(=O)NCC(=O)CC[C@H](NC(=O)c3c(Cl)cccc3Cl)C(=O)O)c2)c1.S. The molecule has 0 unspecified atom stereocenters. The van der Waals surface area contributed by atoms with Gasteiger partial charge in [-0.15, -0.1) is 0 Å². The van der Waals surface area contributed by atoms with Crippen LogP contribution in [0.1, 0.15) is 50.4 Å². The van der Waals surface area contributed by atoms with Gasteiger partial charge in [-0.05, 0) is 60.9 Å². The summed E-state index contributed by atoms with van der Waals surface area (Å²) in [4.78, 5) is 53.3. The van der Waals surface area contributed by atoms with Crippen molar-refractivity contribution in [1.82, 2.24) is 15.6 Å². The minimum Gasteiger partial charge on any atom is -0.480 e. The van der Waals surface area contributed by atoms with E-state index in [4.69, 9.17) is 23.2 Å². The van der Waals surface area contributed by atoms with Crippen molar-refractivity contribution in [2.75, 3.05) is 6.54 Å². The number of carbonyl (C=O) groups is 4. The molecule has 8 nitrogen and oxygen atoms in total. The monoisotopic (exact) mass is 575 g/mol. The van der Waals surface area contributed by atoms with Gasteiger partial charge in [0.25, 0.3) is 11.8 Å². The second-order valence-corrected chi connectivity index (χ2v) is 9.24. The van der Waals surface area contributed by atoms with Crippen LogP contribution in [-0.4, -0.2) is 46.2 Å². The van der Waals surface area contributed by atoms with Crippen LogP contribution in [0.15, 0.2) is 60.8 Å². The van der Waals surface area contributed by atoms with Gasteiger partial charge in [0.2, 0.25) is 0 Å². The molecule has 200 valence electrons. The summed E-state index contributed by atoms with van der Waals surface area (Å²) in [5.41, 5.74) is 3.22. The Morgan fingerprint density at radius 1 is 0.974 bits per heavy atom. The summed E-state index contributed by atoms with van der Waals surface area (Å²) in [6, 6.07) is 14.0. The predicted molar refractivity (Wildman–Crippen MR) is 151 cm³/mol. The number of carboxylic acid groups (broad SMARTS) is 1. The number of carboxylic acids is 1. The zero-order chi connectivity index (χ0) is 26.9. The van der Waals surface area contributed by atoms with Crippen molar-refractivity contribution >= 4 is 60.3 Å². The largest absolute Gasteiger partial charge is 0.480 e. The number of nitrogens with zero attached hydrogens (tertiary/aromatic N) is 1. The number of pyridine rings is 1. The van der Waals surface area contributed by atoms with Crippen LogP contribution < -0.4 is 10.6 Å². The van der Waals surface area contributed by atoms with E-state index in [1.54, 1.807) is 30.5 Å². The van der Waals surface area contributed by atoms with E-state index >= 15 is 0 Å². The van der Waals surface area contributed by atoms with E-state index in [9.17, 15) is 24.3 Å². The molecule has 11 heteroatoms. The molecule has 0 aliphatic carbocycles. The normalized spacial score (nSPS) is 11.1. The van der Waals surface area contributed by atoms with Crippen molar-refractivity contribution in [3.05, 3.63) is 98.8 Å². The number of aryl methyl sites for hydroxylation is 1. The highest BCUT2D eigenvalue weighted by Gasteiger charge is 2.24. The molecule has 38 heavy (non-hydrogen) atoms. The van der Waals surface area contributed by atoms with Crippen molar-refractivity contribution in [2.45, 2.75) is 32.2 Å². The fourth-order valence-corrected chi connectivity index (χ4v) is 4.17. The summed E-state index contributed by atoms with van der Waals surface area (Å²) >= 11 is 12.0. The van der Waals surface area contributed by atoms with E-state index < -0.39 is 23.8 Å². The van der Waals surface area contributed by atoms with E-state index in [0.29, 0.717) is 12.0 Å². The number of hydrogen-bond acceptors (Lipinski definition) is 5. The number of aliphatic carboxylic acids is 1. The molecule has 0 aliphatic rings. The van der Waals surface area contributed by atoms with Crippen molar-refractivity contribution in [3.63, 3.8) is 0 Å². The number of halogens is 2. The number of amides is 2. The Morgan fingerprint density at radius 2 is 1.66 bits per heavy atom. The Hall–Kier alpha value is -3.40. The highest BCUT2D eigenvalue weighted by atomic mass is 35.5. The van der Waals surface area contributed by atoms with Gasteiger partial charge < -0.3 is 15.7 Å². The molecule has 2 aromatic carbocycles. The first-order valence-electron chi connectivity index (χ1n) is 11.4. The number of hydrogen-bond donors (Lipinski definition) is 3. The van der Waals surface area contributed by atoms with Crippen molar-refractivity contribution in [2.24, 2.45) is 0 Å². The molecule has 0 spiro atoms. The molecule has 0 radical (unpaired) electrons. The second-order valence-electron chi connectivity index (χ2n) is 8.42. The number of nitrogens with one attached hydrogen (secondary N) is 2. The lowest BCUT2D eigenvalue weighted by atomic mass is 10.0. The van der Waals surface area contributed by atoms with Gasteiger partial charge in [0.15, 0.2) is 5.78 Å². The summed E-state index contributed by atoms with van der Waals surface area (Å²) in [5, 5.41) is 14.5. The summed E-state index contributed by atoms with van der Waals surface area (Å²) in [5.74, 6) is -2.88. The van der Waals surface area contributed by atoms with Crippen LogP contribution >= 0.6 is 36.7 Å². The van der Waals surface area contributed by atoms with Crippen molar-refractivity contribution in [1.29, 1.82) is 0 Å². The molecule has 0 fully saturated rings. The van der Waals surface area contributed by atoms with Crippen LogP contribution in [0.2, 0.25) is 10.0 Å². The number of benzene rings is 2. The molecule has 3 rings (SSSR count). The molecule has 0 saturated carbocycles. The molecule has 2 amide bonds. The highest BCUT2D eigenvalue weighted by molar-refractivity contribution is 7.59. The van der Waals surface area contributed by atoms with E-state index in [1.807, 2.05) is 25.1 Å². The molecule has 0 saturated heterocycles. The van der Waals surface area contributed by atoms with Gasteiger partial charge in [0, 0.05) is 30.3 Å². The first-order valence-corrected chi connectivity index (χ1v) is 12.2. The van der Waals surface area contributed by atoms with E-state index in [1.165, 1.54) is 12.1 Å². The van der Waals surface area contributed by atoms with Gasteiger partial charge in [-0.2, -0.15) is 13.5 Å². The van der Waals surface area contributed by atoms with Gasteiger partial charge in [-0.1, -0.05) is 41.4 Å². The maximum Gasteiger partial charge on any atom is 0.326 e. The van der Waals surface area contributed by atoms with Crippen LogP contribution in [0.4, 0.5) is 0 Å². The molecule has 0 aliphatic heterocycles. The number of aromatic nitrogens is 1. The van der Waals surface area contributed by atoms with Gasteiger partial charge in [0.05, 0.1) is 22.2 Å². The zero-order valence-electron chi connectivity index (χ0n) is 20.5. The zero-order valence-corrected chi connectivity index (χ0v) is 23.0. The Morgan fingerprint density at radius 3 is 2.32 bits per heavy atom. The average molecular weight is 577 g/mol. The predicted octanol–water partition coefficient (Wildman–Crippen LogP) is 4.36. The second kappa shape index (κ2) is 14.5. The highest BCUT2D eigenvalue weighted by Crippen LogP contribution is 2.24. The topological polar surface area (TPSA) is 125 Å². The van der Waals surface area contributed by atoms with Crippen molar-refractivity contribution < 1.29 is 24.3 Å². The quantitative estimate of drug-likeness (QED) is 0.312. The minimum absolute atomic E-state index is 0. The molecular weight excluding hydrogens is 549 g/mol. The Balaban J connectivity index is 0.00000507. The average Bonchev–Trinajstić information content (AvgIpc) is 2.85. The fourth-order valence-electron chi connectivity index (χ4n) is 3.60. The molecule has 1 atom stereocenters. The first-order chi connectivity index (χ1) is 17.6. The third-order valence-electron chi connectivity index (χ3n) is 5.50. The molecule has 0 bridgehead atoms. The molecule has 3 N–H and O–H groups in total. The third-order valence-corrected chi connectivity index (χ3v) is 6.13. The van der Waals surface area contributed by atoms with Crippen LogP contribution in [0, 0.1) is 6.92 Å². The summed E-state index contributed by atoms with van der Waals surface area (Å²) in [6.45, 7) is 1.70. The Kier molecular flexibility index (Phi) is 11.8. The van der Waals surface area contributed by atoms with E-state index in [-0.39, 0.29) is 54.3 Å². The summed E-state index contributed by atoms with van der Waals surface area (Å²) in [6.07, 6.45) is 1.95. The lowest BCUT2D eigenvalue weighted by Gasteiger charge is -2.15. The molecule has 3 aromatic rings. The van der Waals surface area contributed by atoms with Gasteiger partial charge in [-0.3, -0.25) is 19.4 Å². The lowest BCUT2D eigenvalue weighted by molar-refractivity contribution is -0.139. The summed E-state index contributed by atoms with van der Waals surface area (Å²) < 4.78 is 0. The van der Waals surface area contributed by atoms with Gasteiger partial charge in [-0.25, -0.2) is 4.79 Å². The van der Waals surface area contributed by atoms with Gasteiger partial charge >= 0.3 is 5.97 Å². The molecule has 1 heterocycles. The van der Waals surface area contributed by atoms with E-state index in [0.717, 1.165) is 16.8 Å². The van der Waals surface area contributed by atoms with Crippen molar-refractivity contribution in [3.8, 4) is 0 Å². The first kappa shape index (κ1) is 30.8. The fraction of sp³-hybridized carbons (Fsp3) is 0.222. The maximum absolute atomic E-state index is 12.6. The van der Waals surface area contributed by atoms with Gasteiger partial charge in [0.1, 0.15) is 6.04 Å². The number of carbonyl (C=O) groups excluding carboxylic acids is 3. The van der Waals surface area contributed by atoms with E-state index in [2.05, 4.69) is 15.6 Å². The third kappa shape index (κ3) is 8.86. The Labute approximate surface area is 237 Å². The van der Waals surface area contributed by atoms with Crippen LogP contribution in [0.25, 0.3) is 0 Å². The minimum atomic E-state index is -1.34. The molecular formula is C27H27Cl2N3O5S. The van der Waals surface area contributed by atoms with Crippen LogP contribution in [0.5, 0.6) is 0 Å².